The summed E-state index contributed by atoms with van der Waals surface area (Å²) in [5, 5.41) is 3.74. The number of para-hydroxylation sites is 1. The molecule has 1 aliphatic heterocycles. The molecule has 5 nitrogen and oxygen atoms in total. The maximum absolute atomic E-state index is 6.21. The van der Waals surface area contributed by atoms with Gasteiger partial charge in [-0.25, -0.2) is 0 Å². The number of ether oxygens (including phenoxy) is 2. The number of hydrogen-bond acceptors (Lipinski definition) is 6. The highest BCUT2D eigenvalue weighted by Crippen LogP contribution is 2.40. The Morgan fingerprint density at radius 1 is 1.33 bits per heavy atom. The maximum atomic E-state index is 6.21. The van der Waals surface area contributed by atoms with Gasteiger partial charge in [0.15, 0.2) is 23.1 Å². The van der Waals surface area contributed by atoms with Gasteiger partial charge in [-0.05, 0) is 36.5 Å². The van der Waals surface area contributed by atoms with Crippen molar-refractivity contribution in [2.75, 3.05) is 24.3 Å². The average Bonchev–Trinajstić information content (AvgIpc) is 2.95. The predicted octanol–water partition coefficient (Wildman–Crippen LogP) is 3.21. The Morgan fingerprint density at radius 2 is 2.14 bits per heavy atom. The molecule has 1 saturated heterocycles. The Kier molecular flexibility index (Phi) is 4.24. The Balaban J connectivity index is 1.95. The minimum absolute atomic E-state index is 0.210. The minimum Gasteiger partial charge on any atom is -0.493 e. The van der Waals surface area contributed by atoms with E-state index in [0.717, 1.165) is 29.9 Å². The smallest absolute Gasteiger partial charge is 0.172 e. The molecule has 0 spiro atoms. The molecular formula is C15H18N2O3S. The van der Waals surface area contributed by atoms with Crippen molar-refractivity contribution in [1.82, 2.24) is 5.16 Å². The van der Waals surface area contributed by atoms with Gasteiger partial charge in [-0.1, -0.05) is 11.2 Å². The van der Waals surface area contributed by atoms with Crippen LogP contribution in [0.25, 0.3) is 11.3 Å². The number of nitrogens with two attached hydrogens (primary N) is 1. The minimum atomic E-state index is 0.210. The largest absolute Gasteiger partial charge is 0.493 e. The summed E-state index contributed by atoms with van der Waals surface area (Å²) < 4.78 is 16.9. The lowest BCUT2D eigenvalue weighted by Gasteiger charge is -2.24. The molecule has 0 amide bonds. The molecule has 0 unspecified atom stereocenters. The van der Waals surface area contributed by atoms with Crippen LogP contribution < -0.4 is 15.2 Å². The first-order valence-corrected chi connectivity index (χ1v) is 8.07. The standard InChI is InChI=1S/C15H18N2O3S/c1-18-12-4-2-3-11(13-9-14(16)17-20-13)15(12)19-10-5-7-21-8-6-10/h2-4,9-10H,5-8H2,1H3,(H2,16,17). The van der Waals surface area contributed by atoms with E-state index in [4.69, 9.17) is 19.7 Å². The first-order chi connectivity index (χ1) is 10.3. The monoisotopic (exact) mass is 306 g/mol. The van der Waals surface area contributed by atoms with E-state index in [1.165, 1.54) is 0 Å². The molecule has 1 aromatic heterocycles. The molecule has 6 heteroatoms. The van der Waals surface area contributed by atoms with Crippen LogP contribution in [0, 0.1) is 0 Å². The van der Waals surface area contributed by atoms with E-state index in [0.29, 0.717) is 23.1 Å². The van der Waals surface area contributed by atoms with Crippen molar-refractivity contribution in [3.8, 4) is 22.8 Å². The van der Waals surface area contributed by atoms with E-state index >= 15 is 0 Å². The van der Waals surface area contributed by atoms with Crippen molar-refractivity contribution < 1.29 is 14.0 Å². The number of benzene rings is 1. The Morgan fingerprint density at radius 3 is 2.81 bits per heavy atom. The van der Waals surface area contributed by atoms with Crippen LogP contribution in [0.1, 0.15) is 12.8 Å². The molecular weight excluding hydrogens is 288 g/mol. The zero-order valence-electron chi connectivity index (χ0n) is 11.9. The summed E-state index contributed by atoms with van der Waals surface area (Å²) in [5.41, 5.74) is 6.46. The number of nitrogen functional groups attached to an aromatic ring is 1. The van der Waals surface area contributed by atoms with Crippen LogP contribution in [0.2, 0.25) is 0 Å². The summed E-state index contributed by atoms with van der Waals surface area (Å²) in [4.78, 5) is 0. The Bertz CT molecular complexity index is 609. The fraction of sp³-hybridized carbons (Fsp3) is 0.400. The number of nitrogens with zero attached hydrogens (tertiary/aromatic N) is 1. The van der Waals surface area contributed by atoms with Crippen molar-refractivity contribution in [2.24, 2.45) is 0 Å². The van der Waals surface area contributed by atoms with E-state index in [-0.39, 0.29) is 6.10 Å². The van der Waals surface area contributed by atoms with E-state index in [1.807, 2.05) is 30.0 Å². The lowest BCUT2D eigenvalue weighted by molar-refractivity contribution is 0.185. The summed E-state index contributed by atoms with van der Waals surface area (Å²) in [7, 11) is 1.64. The van der Waals surface area contributed by atoms with Crippen LogP contribution in [0.3, 0.4) is 0 Å². The van der Waals surface area contributed by atoms with Crippen molar-refractivity contribution in [2.45, 2.75) is 18.9 Å². The van der Waals surface area contributed by atoms with Gasteiger partial charge in [0.25, 0.3) is 0 Å². The van der Waals surface area contributed by atoms with Crippen LogP contribution in [0.15, 0.2) is 28.8 Å². The molecule has 21 heavy (non-hydrogen) atoms. The third-order valence-corrected chi connectivity index (χ3v) is 4.49. The summed E-state index contributed by atoms with van der Waals surface area (Å²) in [6.45, 7) is 0. The van der Waals surface area contributed by atoms with E-state index in [1.54, 1.807) is 13.2 Å². The van der Waals surface area contributed by atoms with E-state index < -0.39 is 0 Å². The van der Waals surface area contributed by atoms with Gasteiger partial charge in [-0.2, -0.15) is 11.8 Å². The van der Waals surface area contributed by atoms with Crippen molar-refractivity contribution in [1.29, 1.82) is 0 Å². The number of rotatable bonds is 4. The second-order valence-electron chi connectivity index (χ2n) is 4.88. The molecule has 0 atom stereocenters. The second-order valence-corrected chi connectivity index (χ2v) is 6.11. The quantitative estimate of drug-likeness (QED) is 0.935. The highest BCUT2D eigenvalue weighted by atomic mass is 32.2. The van der Waals surface area contributed by atoms with Gasteiger partial charge in [0.2, 0.25) is 0 Å². The summed E-state index contributed by atoms with van der Waals surface area (Å²) in [5.74, 6) is 4.60. The summed E-state index contributed by atoms with van der Waals surface area (Å²) >= 11 is 1.97. The van der Waals surface area contributed by atoms with Gasteiger partial charge < -0.3 is 19.7 Å². The van der Waals surface area contributed by atoms with Gasteiger partial charge in [0.05, 0.1) is 12.7 Å². The summed E-state index contributed by atoms with van der Waals surface area (Å²) in [6.07, 6.45) is 2.29. The highest BCUT2D eigenvalue weighted by Gasteiger charge is 2.21. The van der Waals surface area contributed by atoms with Crippen LogP contribution in [0.4, 0.5) is 5.82 Å². The average molecular weight is 306 g/mol. The fourth-order valence-electron chi connectivity index (χ4n) is 2.37. The molecule has 1 aromatic carbocycles. The molecule has 0 saturated carbocycles. The molecule has 2 aromatic rings. The van der Waals surface area contributed by atoms with Gasteiger partial charge in [0.1, 0.15) is 6.10 Å². The molecule has 3 rings (SSSR count). The normalized spacial score (nSPS) is 15.9. The molecule has 0 aliphatic carbocycles. The number of methoxy groups -OCH3 is 1. The molecule has 0 bridgehead atoms. The van der Waals surface area contributed by atoms with Crippen molar-refractivity contribution >= 4 is 17.6 Å². The molecule has 2 heterocycles. The van der Waals surface area contributed by atoms with Crippen molar-refractivity contribution in [3.05, 3.63) is 24.3 Å². The second kappa shape index (κ2) is 6.30. The maximum Gasteiger partial charge on any atom is 0.172 e. The third-order valence-electron chi connectivity index (χ3n) is 3.45. The molecule has 112 valence electrons. The molecule has 1 aliphatic rings. The number of thioether (sulfide) groups is 1. The number of aromatic nitrogens is 1. The van der Waals surface area contributed by atoms with Gasteiger partial charge in [-0.3, -0.25) is 0 Å². The molecule has 0 radical (unpaired) electrons. The first kappa shape index (κ1) is 14.1. The number of hydrogen-bond donors (Lipinski definition) is 1. The lowest BCUT2D eigenvalue weighted by Crippen LogP contribution is -2.22. The molecule has 1 fully saturated rings. The zero-order valence-corrected chi connectivity index (χ0v) is 12.7. The Labute approximate surface area is 127 Å². The van der Waals surface area contributed by atoms with Crippen molar-refractivity contribution in [3.63, 3.8) is 0 Å². The van der Waals surface area contributed by atoms with E-state index in [9.17, 15) is 0 Å². The fourth-order valence-corrected chi connectivity index (χ4v) is 3.43. The first-order valence-electron chi connectivity index (χ1n) is 6.92. The van der Waals surface area contributed by atoms with E-state index in [2.05, 4.69) is 5.16 Å². The zero-order chi connectivity index (χ0) is 14.7. The topological polar surface area (TPSA) is 70.5 Å². The van der Waals surface area contributed by atoms with Crippen LogP contribution in [-0.4, -0.2) is 29.9 Å². The highest BCUT2D eigenvalue weighted by molar-refractivity contribution is 7.99. The Hall–Kier alpha value is -1.82. The molecule has 2 N–H and O–H groups in total. The number of anilines is 1. The van der Waals surface area contributed by atoms with Gasteiger partial charge in [0, 0.05) is 6.07 Å². The van der Waals surface area contributed by atoms with Gasteiger partial charge >= 0.3 is 0 Å². The van der Waals surface area contributed by atoms with Crippen LogP contribution in [0.5, 0.6) is 11.5 Å². The predicted molar refractivity (Wildman–Crippen MR) is 83.9 cm³/mol. The van der Waals surface area contributed by atoms with Crippen LogP contribution in [-0.2, 0) is 0 Å². The van der Waals surface area contributed by atoms with Gasteiger partial charge in [-0.15, -0.1) is 0 Å². The SMILES string of the molecule is COc1cccc(-c2cc(N)no2)c1OC1CCSCC1. The van der Waals surface area contributed by atoms with Crippen LogP contribution >= 0.6 is 11.8 Å². The lowest BCUT2D eigenvalue weighted by atomic mass is 10.1. The third kappa shape index (κ3) is 3.10. The summed E-state index contributed by atoms with van der Waals surface area (Å²) in [6, 6.07) is 7.40.